The van der Waals surface area contributed by atoms with Gasteiger partial charge in [0, 0.05) is 25.1 Å². The second-order valence-electron chi connectivity index (χ2n) is 5.91. The van der Waals surface area contributed by atoms with Gasteiger partial charge in [-0.25, -0.2) is 0 Å². The summed E-state index contributed by atoms with van der Waals surface area (Å²) in [5.41, 5.74) is 3.14. The molecule has 4 aliphatic rings. The van der Waals surface area contributed by atoms with E-state index < -0.39 is 0 Å². The Morgan fingerprint density at radius 3 is 3.06 bits per heavy atom. The molecule has 0 spiro atoms. The number of nitrogens with one attached hydrogen (secondary N) is 2. The average molecular weight is 250 g/mol. The molecule has 4 unspecified atom stereocenters. The van der Waals surface area contributed by atoms with E-state index in [0.29, 0.717) is 24.1 Å². The van der Waals surface area contributed by atoms with Crippen LogP contribution in [-0.4, -0.2) is 51.1 Å². The largest absolute Gasteiger partial charge is 0.377 e. The third kappa shape index (κ3) is 1.92. The van der Waals surface area contributed by atoms with E-state index >= 15 is 0 Å². The second-order valence-corrected chi connectivity index (χ2v) is 5.91. The van der Waals surface area contributed by atoms with Gasteiger partial charge in [0.25, 0.3) is 0 Å². The maximum absolute atomic E-state index is 6.08. The Labute approximate surface area is 108 Å². The van der Waals surface area contributed by atoms with Gasteiger partial charge in [-0.05, 0) is 37.0 Å². The summed E-state index contributed by atoms with van der Waals surface area (Å²) < 4.78 is 11.7. The summed E-state index contributed by atoms with van der Waals surface area (Å²) in [5, 5.41) is 7.25. The van der Waals surface area contributed by atoms with E-state index in [2.05, 4.69) is 10.6 Å². The van der Waals surface area contributed by atoms with Crippen LogP contribution in [-0.2, 0) is 9.47 Å². The molecule has 0 amide bonds. The molecule has 2 saturated heterocycles. The molecule has 100 valence electrons. The predicted molar refractivity (Wildman–Crippen MR) is 68.5 cm³/mol. The van der Waals surface area contributed by atoms with Crippen LogP contribution in [0.15, 0.2) is 11.1 Å². The molecular formula is C14H22N2O2. The Morgan fingerprint density at radius 2 is 2.06 bits per heavy atom. The fourth-order valence-corrected chi connectivity index (χ4v) is 3.89. The molecule has 2 N–H and O–H groups in total. The van der Waals surface area contributed by atoms with Crippen molar-refractivity contribution < 1.29 is 9.47 Å². The van der Waals surface area contributed by atoms with E-state index in [4.69, 9.17) is 9.47 Å². The molecule has 0 aromatic carbocycles. The average Bonchev–Trinajstić information content (AvgIpc) is 2.91. The molecule has 0 radical (unpaired) electrons. The molecule has 18 heavy (non-hydrogen) atoms. The van der Waals surface area contributed by atoms with E-state index in [0.717, 1.165) is 39.3 Å². The maximum Gasteiger partial charge on any atom is 0.0699 e. The zero-order valence-electron chi connectivity index (χ0n) is 10.8. The van der Waals surface area contributed by atoms with Crippen LogP contribution < -0.4 is 10.6 Å². The van der Waals surface area contributed by atoms with Crippen LogP contribution in [0.4, 0.5) is 0 Å². The Bertz CT molecular complexity index is 369. The zero-order chi connectivity index (χ0) is 11.9. The van der Waals surface area contributed by atoms with Crippen molar-refractivity contribution in [2.24, 2.45) is 5.92 Å². The van der Waals surface area contributed by atoms with Crippen molar-refractivity contribution in [3.63, 3.8) is 0 Å². The van der Waals surface area contributed by atoms with Gasteiger partial charge in [0.2, 0.25) is 0 Å². The molecule has 4 rings (SSSR count). The van der Waals surface area contributed by atoms with Crippen molar-refractivity contribution in [1.29, 1.82) is 0 Å². The lowest BCUT2D eigenvalue weighted by molar-refractivity contribution is 0.0309. The number of rotatable bonds is 1. The summed E-state index contributed by atoms with van der Waals surface area (Å²) in [6.07, 6.45) is 4.03. The van der Waals surface area contributed by atoms with Gasteiger partial charge in [0.1, 0.15) is 0 Å². The third-order valence-electron chi connectivity index (χ3n) is 4.79. The fourth-order valence-electron chi connectivity index (χ4n) is 3.89. The summed E-state index contributed by atoms with van der Waals surface area (Å²) in [6.45, 7) is 4.70. The van der Waals surface area contributed by atoms with Gasteiger partial charge >= 0.3 is 0 Å². The molecule has 2 aliphatic carbocycles. The van der Waals surface area contributed by atoms with Gasteiger partial charge in [-0.2, -0.15) is 0 Å². The molecule has 2 heterocycles. The highest BCUT2D eigenvalue weighted by atomic mass is 16.5. The molecular weight excluding hydrogens is 228 g/mol. The van der Waals surface area contributed by atoms with Gasteiger partial charge in [0.05, 0.1) is 25.4 Å². The molecule has 3 fully saturated rings. The Morgan fingerprint density at radius 1 is 1.06 bits per heavy atom. The first-order valence-corrected chi connectivity index (χ1v) is 7.32. The minimum atomic E-state index is 0.444. The highest BCUT2D eigenvalue weighted by Crippen LogP contribution is 2.47. The molecule has 0 aromatic heterocycles. The third-order valence-corrected chi connectivity index (χ3v) is 4.79. The van der Waals surface area contributed by atoms with E-state index in [1.165, 1.54) is 18.4 Å². The summed E-state index contributed by atoms with van der Waals surface area (Å²) >= 11 is 0. The lowest BCUT2D eigenvalue weighted by atomic mass is 10.0. The molecule has 4 heteroatoms. The van der Waals surface area contributed by atoms with Crippen LogP contribution in [0.2, 0.25) is 0 Å². The Hall–Kier alpha value is -0.420. The van der Waals surface area contributed by atoms with Crippen LogP contribution in [0.3, 0.4) is 0 Å². The van der Waals surface area contributed by atoms with Crippen LogP contribution in [0.25, 0.3) is 0 Å². The number of hydrogen-bond donors (Lipinski definition) is 2. The van der Waals surface area contributed by atoms with Gasteiger partial charge in [-0.1, -0.05) is 0 Å². The van der Waals surface area contributed by atoms with Crippen LogP contribution in [0.5, 0.6) is 0 Å². The van der Waals surface area contributed by atoms with Crippen molar-refractivity contribution in [1.82, 2.24) is 10.6 Å². The zero-order valence-corrected chi connectivity index (χ0v) is 10.8. The highest BCUT2D eigenvalue weighted by molar-refractivity contribution is 5.50. The van der Waals surface area contributed by atoms with Crippen molar-refractivity contribution >= 4 is 0 Å². The Balaban J connectivity index is 1.51. The summed E-state index contributed by atoms with van der Waals surface area (Å²) in [5.74, 6) is 0.634. The van der Waals surface area contributed by atoms with Crippen molar-refractivity contribution in [2.75, 3.05) is 32.9 Å². The Kier molecular flexibility index (Phi) is 2.92. The highest BCUT2D eigenvalue weighted by Gasteiger charge is 2.48. The van der Waals surface area contributed by atoms with Crippen molar-refractivity contribution in [2.45, 2.75) is 37.5 Å². The van der Waals surface area contributed by atoms with E-state index in [-0.39, 0.29) is 0 Å². The van der Waals surface area contributed by atoms with Gasteiger partial charge in [-0.3, -0.25) is 0 Å². The van der Waals surface area contributed by atoms with Crippen LogP contribution in [0, 0.1) is 5.92 Å². The monoisotopic (exact) mass is 250 g/mol. The van der Waals surface area contributed by atoms with Crippen LogP contribution in [0.1, 0.15) is 19.3 Å². The lowest BCUT2D eigenvalue weighted by Crippen LogP contribution is -2.31. The van der Waals surface area contributed by atoms with Crippen molar-refractivity contribution in [3.05, 3.63) is 11.1 Å². The smallest absolute Gasteiger partial charge is 0.0699 e. The minimum Gasteiger partial charge on any atom is -0.377 e. The van der Waals surface area contributed by atoms with E-state index in [1.807, 2.05) is 0 Å². The quantitative estimate of drug-likeness (QED) is 0.663. The first kappa shape index (κ1) is 11.4. The fraction of sp³-hybridized carbons (Fsp3) is 0.857. The number of hydrogen-bond acceptors (Lipinski definition) is 4. The molecule has 2 bridgehead atoms. The maximum atomic E-state index is 6.08. The molecule has 4 atom stereocenters. The molecule has 1 saturated carbocycles. The summed E-state index contributed by atoms with van der Waals surface area (Å²) in [7, 11) is 0. The van der Waals surface area contributed by atoms with Crippen LogP contribution >= 0.6 is 0 Å². The SMILES string of the molecule is C1CNC2CC(OC1)C(C1=C3COCCNC31)C2. The second kappa shape index (κ2) is 4.60. The molecule has 2 aliphatic heterocycles. The van der Waals surface area contributed by atoms with E-state index in [1.54, 1.807) is 5.57 Å². The van der Waals surface area contributed by atoms with E-state index in [9.17, 15) is 0 Å². The standard InChI is InChI=1S/C14H22N2O2/c1-2-15-9-6-10(12(7-9)18-4-1)13-11-8-17-5-3-16-14(11)13/h9-10,12,14-16H,1-8H2. The van der Waals surface area contributed by atoms with Gasteiger partial charge in [-0.15, -0.1) is 0 Å². The minimum absolute atomic E-state index is 0.444. The summed E-state index contributed by atoms with van der Waals surface area (Å²) in [6, 6.07) is 1.21. The number of ether oxygens (including phenoxy) is 2. The van der Waals surface area contributed by atoms with Gasteiger partial charge in [0.15, 0.2) is 0 Å². The van der Waals surface area contributed by atoms with Gasteiger partial charge < -0.3 is 20.1 Å². The molecule has 0 aromatic rings. The van der Waals surface area contributed by atoms with Crippen molar-refractivity contribution in [3.8, 4) is 0 Å². The normalized spacial score (nSPS) is 44.0. The molecule has 4 nitrogen and oxygen atoms in total. The predicted octanol–water partition coefficient (Wildman–Crippen LogP) is 0.442. The summed E-state index contributed by atoms with van der Waals surface area (Å²) in [4.78, 5) is 0. The lowest BCUT2D eigenvalue weighted by Gasteiger charge is -2.20. The first-order valence-electron chi connectivity index (χ1n) is 7.32. The number of fused-ring (bicyclic) bond motifs is 3. The topological polar surface area (TPSA) is 42.5 Å². The first-order chi connectivity index (χ1) is 8.93.